The molecular formula is C11H10FNO2. The Morgan fingerprint density at radius 2 is 2.33 bits per heavy atom. The van der Waals surface area contributed by atoms with E-state index >= 15 is 0 Å². The molecule has 0 radical (unpaired) electrons. The Labute approximate surface area is 87.1 Å². The van der Waals surface area contributed by atoms with Crippen LogP contribution in [0.3, 0.4) is 0 Å². The van der Waals surface area contributed by atoms with Gasteiger partial charge < -0.3 is 4.74 Å². The minimum absolute atomic E-state index is 0.144. The third kappa shape index (κ3) is 3.06. The van der Waals surface area contributed by atoms with E-state index in [2.05, 4.69) is 4.74 Å². The van der Waals surface area contributed by atoms with Gasteiger partial charge in [0.25, 0.3) is 0 Å². The van der Waals surface area contributed by atoms with Gasteiger partial charge in [-0.2, -0.15) is 5.26 Å². The highest BCUT2D eigenvalue weighted by Gasteiger charge is 2.09. The second-order valence-electron chi connectivity index (χ2n) is 2.90. The molecule has 0 aromatic heterocycles. The van der Waals surface area contributed by atoms with Crippen LogP contribution in [0.4, 0.5) is 4.39 Å². The van der Waals surface area contributed by atoms with Crippen molar-refractivity contribution < 1.29 is 13.9 Å². The Kier molecular flexibility index (Phi) is 3.81. The zero-order valence-electron chi connectivity index (χ0n) is 8.29. The predicted molar refractivity (Wildman–Crippen MR) is 51.5 cm³/mol. The van der Waals surface area contributed by atoms with E-state index in [-0.39, 0.29) is 18.6 Å². The number of nitriles is 1. The number of hydrogen-bond donors (Lipinski definition) is 0. The molecular weight excluding hydrogens is 197 g/mol. The molecule has 0 aliphatic rings. The molecule has 0 saturated carbocycles. The lowest BCUT2D eigenvalue weighted by atomic mass is 10.1. The van der Waals surface area contributed by atoms with Gasteiger partial charge in [-0.1, -0.05) is 0 Å². The zero-order chi connectivity index (χ0) is 11.3. The number of rotatable bonds is 3. The summed E-state index contributed by atoms with van der Waals surface area (Å²) in [5, 5.41) is 8.60. The number of ether oxygens (including phenoxy) is 1. The van der Waals surface area contributed by atoms with Crippen molar-refractivity contribution in [2.45, 2.75) is 13.3 Å². The molecule has 0 heterocycles. The molecule has 15 heavy (non-hydrogen) atoms. The largest absolute Gasteiger partial charge is 0.466 e. The van der Waals surface area contributed by atoms with Crippen molar-refractivity contribution in [3.05, 3.63) is 35.1 Å². The predicted octanol–water partition coefficient (Wildman–Crippen LogP) is 1.80. The molecule has 1 aromatic carbocycles. The van der Waals surface area contributed by atoms with Crippen LogP contribution in [-0.4, -0.2) is 12.6 Å². The van der Waals surface area contributed by atoms with Gasteiger partial charge in [0.15, 0.2) is 0 Å². The van der Waals surface area contributed by atoms with E-state index in [1.807, 2.05) is 6.07 Å². The lowest BCUT2D eigenvalue weighted by Gasteiger charge is -2.03. The van der Waals surface area contributed by atoms with E-state index in [4.69, 9.17) is 5.26 Å². The second kappa shape index (κ2) is 5.11. The maximum Gasteiger partial charge on any atom is 0.310 e. The first-order valence-electron chi connectivity index (χ1n) is 4.51. The highest BCUT2D eigenvalue weighted by atomic mass is 19.1. The topological polar surface area (TPSA) is 50.1 Å². The third-order valence-electron chi connectivity index (χ3n) is 1.81. The number of carbonyl (C=O) groups excluding carboxylic acids is 1. The number of halogens is 1. The Bertz CT molecular complexity index is 410. The summed E-state index contributed by atoms with van der Waals surface area (Å²) >= 11 is 0. The van der Waals surface area contributed by atoms with Crippen molar-refractivity contribution in [1.82, 2.24) is 0 Å². The number of benzene rings is 1. The normalized spacial score (nSPS) is 9.40. The fraction of sp³-hybridized carbons (Fsp3) is 0.273. The highest BCUT2D eigenvalue weighted by Crippen LogP contribution is 2.11. The molecule has 1 rings (SSSR count). The van der Waals surface area contributed by atoms with Gasteiger partial charge in [-0.3, -0.25) is 4.79 Å². The van der Waals surface area contributed by atoms with Crippen molar-refractivity contribution in [1.29, 1.82) is 5.26 Å². The van der Waals surface area contributed by atoms with Crippen molar-refractivity contribution in [2.75, 3.05) is 6.61 Å². The van der Waals surface area contributed by atoms with E-state index in [9.17, 15) is 9.18 Å². The maximum absolute atomic E-state index is 13.2. The average molecular weight is 207 g/mol. The van der Waals surface area contributed by atoms with Gasteiger partial charge in [-0.25, -0.2) is 4.39 Å². The lowest BCUT2D eigenvalue weighted by molar-refractivity contribution is -0.142. The molecule has 0 saturated heterocycles. The first kappa shape index (κ1) is 11.2. The van der Waals surface area contributed by atoms with Crippen molar-refractivity contribution in [3.8, 4) is 6.07 Å². The summed E-state index contributed by atoms with van der Waals surface area (Å²) in [4.78, 5) is 11.1. The minimum Gasteiger partial charge on any atom is -0.466 e. The Morgan fingerprint density at radius 3 is 2.93 bits per heavy atom. The van der Waals surface area contributed by atoms with E-state index in [0.717, 1.165) is 0 Å². The van der Waals surface area contributed by atoms with Gasteiger partial charge in [0.05, 0.1) is 24.7 Å². The average Bonchev–Trinajstić information content (AvgIpc) is 2.21. The van der Waals surface area contributed by atoms with Gasteiger partial charge in [0.1, 0.15) is 5.82 Å². The molecule has 0 unspecified atom stereocenters. The van der Waals surface area contributed by atoms with Crippen molar-refractivity contribution in [2.24, 2.45) is 0 Å². The van der Waals surface area contributed by atoms with Crippen molar-refractivity contribution >= 4 is 5.97 Å². The van der Waals surface area contributed by atoms with Crippen LogP contribution in [0.5, 0.6) is 0 Å². The molecule has 0 N–H and O–H groups in total. The standard InChI is InChI=1S/C11H10FNO2/c1-2-15-11(14)6-9-5-8(7-13)3-4-10(9)12/h3-5H,2,6H2,1H3. The van der Waals surface area contributed by atoms with Crippen molar-refractivity contribution in [3.63, 3.8) is 0 Å². The van der Waals surface area contributed by atoms with Gasteiger partial charge in [0, 0.05) is 5.56 Å². The molecule has 0 amide bonds. The first-order chi connectivity index (χ1) is 7.17. The number of nitrogens with zero attached hydrogens (tertiary/aromatic N) is 1. The molecule has 1 aromatic rings. The molecule has 0 aliphatic carbocycles. The summed E-state index contributed by atoms with van der Waals surface area (Å²) in [5.41, 5.74) is 0.517. The van der Waals surface area contributed by atoms with Gasteiger partial charge in [0.2, 0.25) is 0 Å². The number of hydrogen-bond acceptors (Lipinski definition) is 3. The molecule has 78 valence electrons. The van der Waals surface area contributed by atoms with Crippen LogP contribution in [0.1, 0.15) is 18.1 Å². The molecule has 0 aliphatic heterocycles. The van der Waals surface area contributed by atoms with Gasteiger partial charge in [-0.15, -0.1) is 0 Å². The minimum atomic E-state index is -0.498. The summed E-state index contributed by atoms with van der Waals surface area (Å²) in [5.74, 6) is -0.992. The molecule has 3 nitrogen and oxygen atoms in total. The zero-order valence-corrected chi connectivity index (χ0v) is 8.29. The molecule has 0 fully saturated rings. The van der Waals surface area contributed by atoms with E-state index in [1.54, 1.807) is 6.92 Å². The summed E-state index contributed by atoms with van der Waals surface area (Å²) in [7, 11) is 0. The monoisotopic (exact) mass is 207 g/mol. The summed E-state index contributed by atoms with van der Waals surface area (Å²) in [6, 6.07) is 5.77. The van der Waals surface area contributed by atoms with E-state index in [0.29, 0.717) is 5.56 Å². The SMILES string of the molecule is CCOC(=O)Cc1cc(C#N)ccc1F. The van der Waals surface area contributed by atoms with Gasteiger partial charge >= 0.3 is 5.97 Å². The van der Waals surface area contributed by atoms with E-state index in [1.165, 1.54) is 18.2 Å². The number of esters is 1. The highest BCUT2D eigenvalue weighted by molar-refractivity contribution is 5.72. The van der Waals surface area contributed by atoms with Crippen LogP contribution in [0, 0.1) is 17.1 Å². The smallest absolute Gasteiger partial charge is 0.310 e. The van der Waals surface area contributed by atoms with Crippen LogP contribution in [-0.2, 0) is 16.0 Å². The summed E-state index contributed by atoms with van der Waals surface area (Å²) in [6.45, 7) is 1.94. The Balaban J connectivity index is 2.85. The number of carbonyl (C=O) groups is 1. The fourth-order valence-corrected chi connectivity index (χ4v) is 1.15. The van der Waals surface area contributed by atoms with Crippen LogP contribution in [0.15, 0.2) is 18.2 Å². The van der Waals surface area contributed by atoms with Crippen LogP contribution in [0.2, 0.25) is 0 Å². The molecule has 0 atom stereocenters. The first-order valence-corrected chi connectivity index (χ1v) is 4.51. The fourth-order valence-electron chi connectivity index (χ4n) is 1.15. The Morgan fingerprint density at radius 1 is 1.60 bits per heavy atom. The quantitative estimate of drug-likeness (QED) is 0.710. The molecule has 0 spiro atoms. The maximum atomic E-state index is 13.2. The third-order valence-corrected chi connectivity index (χ3v) is 1.81. The van der Waals surface area contributed by atoms with Crippen LogP contribution in [0.25, 0.3) is 0 Å². The summed E-state index contributed by atoms with van der Waals surface area (Å²) < 4.78 is 17.9. The molecule has 4 heteroatoms. The van der Waals surface area contributed by atoms with Gasteiger partial charge in [-0.05, 0) is 25.1 Å². The molecule has 0 bridgehead atoms. The lowest BCUT2D eigenvalue weighted by Crippen LogP contribution is -2.08. The van der Waals surface area contributed by atoms with E-state index < -0.39 is 11.8 Å². The van der Waals surface area contributed by atoms with Crippen LogP contribution >= 0.6 is 0 Å². The van der Waals surface area contributed by atoms with Crippen LogP contribution < -0.4 is 0 Å². The Hall–Kier alpha value is -1.89. The second-order valence-corrected chi connectivity index (χ2v) is 2.90. The summed E-state index contributed by atoms with van der Waals surface area (Å²) in [6.07, 6.45) is -0.144.